The van der Waals surface area contributed by atoms with E-state index in [0.717, 1.165) is 22.6 Å². The van der Waals surface area contributed by atoms with Crippen molar-refractivity contribution in [2.24, 2.45) is 4.99 Å². The molecule has 1 unspecified atom stereocenters. The third-order valence-corrected chi connectivity index (χ3v) is 5.46. The number of para-hydroxylation sites is 1. The van der Waals surface area contributed by atoms with Crippen LogP contribution in [0.15, 0.2) is 71.9 Å². The molecule has 1 aromatic heterocycles. The van der Waals surface area contributed by atoms with Gasteiger partial charge in [-0.05, 0) is 41.8 Å². The second-order valence-electron chi connectivity index (χ2n) is 7.21. The first-order chi connectivity index (χ1) is 15.2. The first kappa shape index (κ1) is 20.6. The number of aromatic nitrogens is 2. The zero-order chi connectivity index (χ0) is 21.6. The first-order valence-corrected chi connectivity index (χ1v) is 10.4. The summed E-state index contributed by atoms with van der Waals surface area (Å²) in [6.07, 6.45) is 3.72. The molecule has 0 spiro atoms. The number of nitrogens with one attached hydrogen (secondary N) is 1. The number of aryl methyl sites for hydroxylation is 1. The second kappa shape index (κ2) is 9.45. The smallest absolute Gasteiger partial charge is 0.224 e. The monoisotopic (exact) mass is 431 g/mol. The minimum absolute atomic E-state index is 0.0349. The molecule has 1 fully saturated rings. The van der Waals surface area contributed by atoms with Crippen LogP contribution < -0.4 is 10.2 Å². The molecule has 1 aliphatic rings. The van der Waals surface area contributed by atoms with E-state index in [2.05, 4.69) is 43.4 Å². The summed E-state index contributed by atoms with van der Waals surface area (Å²) in [6.45, 7) is 4.03. The maximum Gasteiger partial charge on any atom is 0.224 e. The topological polar surface area (TPSA) is 80.4 Å². The van der Waals surface area contributed by atoms with Gasteiger partial charge >= 0.3 is 0 Å². The number of hydrogen-bond acceptors (Lipinski definition) is 5. The third-order valence-electron chi connectivity index (χ3n) is 5.28. The van der Waals surface area contributed by atoms with Gasteiger partial charge in [-0.2, -0.15) is 5.26 Å². The summed E-state index contributed by atoms with van der Waals surface area (Å²) < 4.78 is 0. The van der Waals surface area contributed by atoms with Crippen LogP contribution in [0.4, 0.5) is 11.5 Å². The normalized spacial score (nSPS) is 16.7. The molecule has 7 nitrogen and oxygen atoms in total. The van der Waals surface area contributed by atoms with Crippen LogP contribution in [0, 0.1) is 18.4 Å². The van der Waals surface area contributed by atoms with E-state index in [1.54, 1.807) is 6.20 Å². The molecule has 31 heavy (non-hydrogen) atoms. The highest BCUT2D eigenvalue weighted by Gasteiger charge is 2.31. The van der Waals surface area contributed by atoms with Crippen molar-refractivity contribution >= 4 is 29.1 Å². The molecule has 8 heteroatoms. The summed E-state index contributed by atoms with van der Waals surface area (Å²) in [5, 5.41) is 12.5. The summed E-state index contributed by atoms with van der Waals surface area (Å²) in [4.78, 5) is 17.5. The van der Waals surface area contributed by atoms with Crippen LogP contribution >= 0.6 is 11.6 Å². The Morgan fingerprint density at radius 1 is 1.13 bits per heavy atom. The maximum absolute atomic E-state index is 9.42. The molecular weight excluding hydrogens is 410 g/mol. The highest BCUT2D eigenvalue weighted by atomic mass is 35.5. The predicted octanol–water partition coefficient (Wildman–Crippen LogP) is 4.06. The van der Waals surface area contributed by atoms with Crippen molar-refractivity contribution in [3.63, 3.8) is 0 Å². The molecule has 4 rings (SSSR count). The Hall–Kier alpha value is -3.63. The average molecular weight is 432 g/mol. The number of anilines is 1. The van der Waals surface area contributed by atoms with E-state index in [1.165, 1.54) is 0 Å². The van der Waals surface area contributed by atoms with E-state index in [-0.39, 0.29) is 11.3 Å². The van der Waals surface area contributed by atoms with E-state index >= 15 is 0 Å². The zero-order valence-corrected chi connectivity index (χ0v) is 17.9. The molecule has 156 valence electrons. The molecule has 1 atom stereocenters. The van der Waals surface area contributed by atoms with Crippen molar-refractivity contribution in [3.05, 3.63) is 83.3 Å². The Morgan fingerprint density at radius 3 is 2.65 bits per heavy atom. The molecule has 1 N–H and O–H groups in total. The van der Waals surface area contributed by atoms with Gasteiger partial charge in [-0.3, -0.25) is 5.32 Å². The Morgan fingerprint density at radius 2 is 1.90 bits per heavy atom. The molecule has 1 aliphatic heterocycles. The van der Waals surface area contributed by atoms with Crippen LogP contribution in [0.2, 0.25) is 5.28 Å². The average Bonchev–Trinajstić information content (AvgIpc) is 2.80. The molecule has 2 heterocycles. The number of benzene rings is 2. The van der Waals surface area contributed by atoms with E-state index in [9.17, 15) is 5.26 Å². The number of rotatable bonds is 3. The van der Waals surface area contributed by atoms with Gasteiger partial charge in [0.2, 0.25) is 11.2 Å². The molecular formula is C23H22ClN7. The second-order valence-corrected chi connectivity index (χ2v) is 7.55. The first-order valence-electron chi connectivity index (χ1n) is 10.00. The Kier molecular flexibility index (Phi) is 6.29. The van der Waals surface area contributed by atoms with Crippen LogP contribution in [-0.2, 0) is 0 Å². The number of halogens is 1. The van der Waals surface area contributed by atoms with Gasteiger partial charge in [0.25, 0.3) is 0 Å². The van der Waals surface area contributed by atoms with E-state index in [1.807, 2.05) is 55.5 Å². The van der Waals surface area contributed by atoms with Crippen molar-refractivity contribution < 1.29 is 0 Å². The van der Waals surface area contributed by atoms with Crippen molar-refractivity contribution in [2.75, 3.05) is 24.5 Å². The predicted molar refractivity (Wildman–Crippen MR) is 122 cm³/mol. The zero-order valence-electron chi connectivity index (χ0n) is 17.1. The number of guanidine groups is 1. The van der Waals surface area contributed by atoms with Gasteiger partial charge in [-0.1, -0.05) is 48.5 Å². The number of nitrogens with zero attached hydrogens (tertiary/aromatic N) is 6. The van der Waals surface area contributed by atoms with Gasteiger partial charge < -0.3 is 9.80 Å². The van der Waals surface area contributed by atoms with Crippen molar-refractivity contribution in [1.29, 1.82) is 5.26 Å². The van der Waals surface area contributed by atoms with Gasteiger partial charge in [-0.25, -0.2) is 15.0 Å². The van der Waals surface area contributed by atoms with Gasteiger partial charge in [0.1, 0.15) is 5.82 Å². The van der Waals surface area contributed by atoms with Gasteiger partial charge in [0, 0.05) is 25.8 Å². The van der Waals surface area contributed by atoms with Crippen LogP contribution in [0.25, 0.3) is 0 Å². The van der Waals surface area contributed by atoms with Gasteiger partial charge in [0.15, 0.2) is 6.19 Å². The number of aliphatic imine (C=N–C) groups is 1. The lowest BCUT2D eigenvalue weighted by Gasteiger charge is -2.43. The van der Waals surface area contributed by atoms with Gasteiger partial charge in [-0.15, -0.1) is 0 Å². The molecule has 0 amide bonds. The van der Waals surface area contributed by atoms with E-state index in [0.29, 0.717) is 25.6 Å². The summed E-state index contributed by atoms with van der Waals surface area (Å²) in [7, 11) is 0. The molecule has 0 bridgehead atoms. The van der Waals surface area contributed by atoms with Crippen molar-refractivity contribution in [3.8, 4) is 6.19 Å². The maximum atomic E-state index is 9.42. The van der Waals surface area contributed by atoms with E-state index in [4.69, 9.17) is 16.6 Å². The lowest BCUT2D eigenvalue weighted by Crippen LogP contribution is -2.53. The largest absolute Gasteiger partial charge is 0.352 e. The van der Waals surface area contributed by atoms with E-state index < -0.39 is 0 Å². The highest BCUT2D eigenvalue weighted by molar-refractivity contribution is 6.28. The molecule has 1 saturated heterocycles. The Labute approximate surface area is 186 Å². The number of piperazine rings is 1. The molecule has 0 aliphatic carbocycles. The van der Waals surface area contributed by atoms with Gasteiger partial charge in [0.05, 0.1) is 11.7 Å². The molecule has 2 aromatic carbocycles. The van der Waals surface area contributed by atoms with Crippen LogP contribution in [0.1, 0.15) is 17.2 Å². The Bertz CT molecular complexity index is 1110. The fraction of sp³-hybridized carbons (Fsp3) is 0.217. The lowest BCUT2D eigenvalue weighted by atomic mass is 10.0. The van der Waals surface area contributed by atoms with Crippen molar-refractivity contribution in [2.45, 2.75) is 13.0 Å². The minimum atomic E-state index is -0.0349. The fourth-order valence-corrected chi connectivity index (χ4v) is 3.87. The third kappa shape index (κ3) is 4.76. The SMILES string of the molecule is Cc1ccccc1N=C(NC#N)N1CCN(c2ccnc(Cl)n2)CC1c1ccccc1. The summed E-state index contributed by atoms with van der Waals surface area (Å²) in [5.74, 6) is 1.32. The summed E-state index contributed by atoms with van der Waals surface area (Å²) in [5.41, 5.74) is 3.01. The minimum Gasteiger partial charge on any atom is -0.352 e. The van der Waals surface area contributed by atoms with Crippen molar-refractivity contribution in [1.82, 2.24) is 20.2 Å². The standard InChI is InChI=1S/C23H22ClN7/c1-17-7-5-6-10-19(17)28-23(27-16-25)31-14-13-30(21-11-12-26-22(24)29-21)15-20(31)18-8-3-2-4-9-18/h2-12,20H,13-15H2,1H3,(H,27,28). The highest BCUT2D eigenvalue weighted by Crippen LogP contribution is 2.29. The number of nitriles is 1. The molecule has 3 aromatic rings. The molecule has 0 saturated carbocycles. The summed E-state index contributed by atoms with van der Waals surface area (Å²) >= 11 is 6.02. The van der Waals surface area contributed by atoms with Crippen LogP contribution in [-0.4, -0.2) is 40.5 Å². The molecule has 0 radical (unpaired) electrons. The fourth-order valence-electron chi connectivity index (χ4n) is 3.72. The Balaban J connectivity index is 1.71. The number of hydrogen-bond donors (Lipinski definition) is 1. The lowest BCUT2D eigenvalue weighted by molar-refractivity contribution is 0.278. The quantitative estimate of drug-likeness (QED) is 0.221. The summed E-state index contributed by atoms with van der Waals surface area (Å²) in [6, 6.07) is 19.9. The van der Waals surface area contributed by atoms with Crippen LogP contribution in [0.3, 0.4) is 0 Å². The van der Waals surface area contributed by atoms with Crippen LogP contribution in [0.5, 0.6) is 0 Å².